The zero-order chi connectivity index (χ0) is 28.1. The molecule has 1 N–H and O–H groups in total. The van der Waals surface area contributed by atoms with Gasteiger partial charge in [-0.15, -0.1) is 0 Å². The Labute approximate surface area is 240 Å². The standard InChI is InChI=1S/C35H45N3O2/c1-5-25-18-19-31(40-4)28(22-25)23-36-33-29-20-21-38(24-30(29)35(39)37(6-2)7-3)34(33)32(26-14-10-8-11-15-26)27-16-12-9-13-17-27/h8-19,22,29-30,32-34,36H,5-7,20-21,23-24H2,1-4H3. The van der Waals surface area contributed by atoms with E-state index < -0.39 is 0 Å². The van der Waals surface area contributed by atoms with Crippen LogP contribution in [0.25, 0.3) is 0 Å². The molecule has 6 rings (SSSR count). The van der Waals surface area contributed by atoms with E-state index in [0.717, 1.165) is 44.8 Å². The predicted octanol–water partition coefficient (Wildman–Crippen LogP) is 5.74. The number of benzene rings is 3. The Balaban J connectivity index is 1.55. The predicted molar refractivity (Wildman–Crippen MR) is 163 cm³/mol. The van der Waals surface area contributed by atoms with E-state index in [1.165, 1.54) is 22.3 Å². The number of hydrogen-bond donors (Lipinski definition) is 1. The zero-order valence-electron chi connectivity index (χ0n) is 24.6. The summed E-state index contributed by atoms with van der Waals surface area (Å²) >= 11 is 0. The number of nitrogens with one attached hydrogen (secondary N) is 1. The molecular formula is C35H45N3O2. The first kappa shape index (κ1) is 28.4. The second kappa shape index (κ2) is 13.0. The van der Waals surface area contributed by atoms with Crippen LogP contribution in [0, 0.1) is 11.8 Å². The minimum atomic E-state index is 0.0125. The van der Waals surface area contributed by atoms with Crippen LogP contribution in [-0.4, -0.2) is 61.1 Å². The summed E-state index contributed by atoms with van der Waals surface area (Å²) in [6.07, 6.45) is 2.03. The van der Waals surface area contributed by atoms with Gasteiger partial charge < -0.3 is 15.0 Å². The van der Waals surface area contributed by atoms with Gasteiger partial charge in [0.25, 0.3) is 0 Å². The van der Waals surface area contributed by atoms with Crippen molar-refractivity contribution in [2.24, 2.45) is 11.8 Å². The molecule has 212 valence electrons. The van der Waals surface area contributed by atoms with Crippen LogP contribution < -0.4 is 10.1 Å². The van der Waals surface area contributed by atoms with Gasteiger partial charge in [-0.05, 0) is 61.9 Å². The summed E-state index contributed by atoms with van der Waals surface area (Å²) in [4.78, 5) is 18.5. The fourth-order valence-electron chi connectivity index (χ4n) is 7.22. The normalized spacial score (nSPS) is 23.8. The summed E-state index contributed by atoms with van der Waals surface area (Å²) in [5.74, 6) is 1.72. The number of fused-ring (bicyclic) bond motifs is 3. The number of carbonyl (C=O) groups excluding carboxylic acids is 1. The number of aryl methyl sites for hydroxylation is 1. The van der Waals surface area contributed by atoms with Crippen LogP contribution in [0.1, 0.15) is 55.4 Å². The van der Waals surface area contributed by atoms with Gasteiger partial charge in [0.1, 0.15) is 5.75 Å². The lowest BCUT2D eigenvalue weighted by atomic mass is 9.66. The lowest BCUT2D eigenvalue weighted by Crippen LogP contribution is -2.69. The summed E-state index contributed by atoms with van der Waals surface area (Å²) in [6, 6.07) is 28.8. The number of hydrogen-bond acceptors (Lipinski definition) is 4. The number of ether oxygens (including phenoxy) is 1. The van der Waals surface area contributed by atoms with Crippen molar-refractivity contribution in [2.45, 2.75) is 58.2 Å². The third-order valence-electron chi connectivity index (χ3n) is 9.28. The first-order chi connectivity index (χ1) is 19.6. The average Bonchev–Trinajstić information content (AvgIpc) is 3.02. The molecule has 0 aromatic heterocycles. The second-order valence-electron chi connectivity index (χ2n) is 11.3. The Hall–Kier alpha value is -3.15. The van der Waals surface area contributed by atoms with Gasteiger partial charge >= 0.3 is 0 Å². The van der Waals surface area contributed by atoms with Gasteiger partial charge in [-0.2, -0.15) is 0 Å². The van der Waals surface area contributed by atoms with Crippen LogP contribution in [0.2, 0.25) is 0 Å². The second-order valence-corrected chi connectivity index (χ2v) is 11.3. The Morgan fingerprint density at radius 1 is 0.975 bits per heavy atom. The molecule has 3 aromatic carbocycles. The number of amides is 1. The van der Waals surface area contributed by atoms with Gasteiger partial charge in [0, 0.05) is 49.7 Å². The molecule has 0 radical (unpaired) electrons. The van der Waals surface area contributed by atoms with E-state index >= 15 is 0 Å². The van der Waals surface area contributed by atoms with Gasteiger partial charge in [-0.25, -0.2) is 0 Å². The molecule has 0 spiro atoms. The highest BCUT2D eigenvalue weighted by atomic mass is 16.5. The van der Waals surface area contributed by atoms with Gasteiger partial charge in [0.2, 0.25) is 5.91 Å². The van der Waals surface area contributed by atoms with E-state index in [1.807, 2.05) is 4.90 Å². The SMILES string of the molecule is CCc1ccc(OC)c(CNC2C3CCN(CC3C(=O)N(CC)CC)C2C(c2ccccc2)c2ccccc2)c1. The van der Waals surface area contributed by atoms with Crippen molar-refractivity contribution in [3.8, 4) is 5.75 Å². The molecule has 3 aliphatic heterocycles. The summed E-state index contributed by atoms with van der Waals surface area (Å²) < 4.78 is 5.77. The minimum Gasteiger partial charge on any atom is -0.496 e. The van der Waals surface area contributed by atoms with E-state index in [1.54, 1.807) is 7.11 Å². The molecule has 1 amide bonds. The lowest BCUT2D eigenvalue weighted by Gasteiger charge is -2.57. The molecule has 3 heterocycles. The molecule has 3 aromatic rings. The van der Waals surface area contributed by atoms with Gasteiger partial charge in [-0.1, -0.05) is 79.7 Å². The first-order valence-electron chi connectivity index (χ1n) is 15.1. The first-order valence-corrected chi connectivity index (χ1v) is 15.1. The molecule has 5 unspecified atom stereocenters. The lowest BCUT2D eigenvalue weighted by molar-refractivity contribution is -0.145. The van der Waals surface area contributed by atoms with Crippen molar-refractivity contribution < 1.29 is 9.53 Å². The summed E-state index contributed by atoms with van der Waals surface area (Å²) in [5, 5.41) is 4.03. The molecule has 5 atom stereocenters. The van der Waals surface area contributed by atoms with E-state index in [-0.39, 0.29) is 29.8 Å². The van der Waals surface area contributed by atoms with Crippen molar-refractivity contribution in [2.75, 3.05) is 33.3 Å². The third-order valence-corrected chi connectivity index (χ3v) is 9.28. The molecule has 0 aliphatic carbocycles. The molecule has 40 heavy (non-hydrogen) atoms. The van der Waals surface area contributed by atoms with E-state index in [0.29, 0.717) is 12.5 Å². The van der Waals surface area contributed by atoms with Crippen LogP contribution in [0.5, 0.6) is 5.75 Å². The van der Waals surface area contributed by atoms with Crippen LogP contribution in [0.15, 0.2) is 78.9 Å². The van der Waals surface area contributed by atoms with Gasteiger partial charge in [0.05, 0.1) is 13.0 Å². The molecular weight excluding hydrogens is 494 g/mol. The highest BCUT2D eigenvalue weighted by Crippen LogP contribution is 2.45. The molecule has 3 saturated heterocycles. The Morgan fingerprint density at radius 3 is 2.20 bits per heavy atom. The van der Waals surface area contributed by atoms with Gasteiger partial charge in [-0.3, -0.25) is 9.69 Å². The summed E-state index contributed by atoms with van der Waals surface area (Å²) in [5.41, 5.74) is 5.15. The van der Waals surface area contributed by atoms with Crippen molar-refractivity contribution in [1.29, 1.82) is 0 Å². The Morgan fingerprint density at radius 2 is 1.62 bits per heavy atom. The molecule has 3 fully saturated rings. The molecule has 5 nitrogen and oxygen atoms in total. The van der Waals surface area contributed by atoms with Crippen LogP contribution in [-0.2, 0) is 17.8 Å². The monoisotopic (exact) mass is 539 g/mol. The maximum atomic E-state index is 13.8. The molecule has 0 saturated carbocycles. The average molecular weight is 540 g/mol. The summed E-state index contributed by atoms with van der Waals surface area (Å²) in [7, 11) is 1.75. The van der Waals surface area contributed by atoms with Crippen LogP contribution in [0.3, 0.4) is 0 Å². The molecule has 5 heteroatoms. The molecule has 2 bridgehead atoms. The van der Waals surface area contributed by atoms with E-state index in [4.69, 9.17) is 4.74 Å². The topological polar surface area (TPSA) is 44.8 Å². The highest BCUT2D eigenvalue weighted by Gasteiger charge is 2.52. The Bertz CT molecular complexity index is 1200. The largest absolute Gasteiger partial charge is 0.496 e. The minimum absolute atomic E-state index is 0.0125. The maximum Gasteiger partial charge on any atom is 0.227 e. The summed E-state index contributed by atoms with van der Waals surface area (Å²) in [6.45, 7) is 10.5. The van der Waals surface area contributed by atoms with E-state index in [9.17, 15) is 4.79 Å². The maximum absolute atomic E-state index is 13.8. The quantitative estimate of drug-likeness (QED) is 0.338. The van der Waals surface area contributed by atoms with Crippen LogP contribution >= 0.6 is 0 Å². The number of piperidine rings is 3. The fraction of sp³-hybridized carbons (Fsp3) is 0.457. The van der Waals surface area contributed by atoms with Crippen molar-refractivity contribution in [1.82, 2.24) is 15.1 Å². The van der Waals surface area contributed by atoms with Crippen molar-refractivity contribution in [3.63, 3.8) is 0 Å². The molecule has 3 aliphatic rings. The highest BCUT2D eigenvalue weighted by molar-refractivity contribution is 5.80. The number of nitrogens with zero attached hydrogens (tertiary/aromatic N) is 2. The van der Waals surface area contributed by atoms with Gasteiger partial charge in [0.15, 0.2) is 0 Å². The van der Waals surface area contributed by atoms with E-state index in [2.05, 4.69) is 110 Å². The zero-order valence-corrected chi connectivity index (χ0v) is 24.6. The third kappa shape index (κ3) is 5.68. The van der Waals surface area contributed by atoms with Crippen molar-refractivity contribution >= 4 is 5.91 Å². The van der Waals surface area contributed by atoms with Crippen LogP contribution in [0.4, 0.5) is 0 Å². The smallest absolute Gasteiger partial charge is 0.227 e. The number of rotatable bonds is 11. The number of methoxy groups -OCH3 is 1. The number of carbonyl (C=O) groups is 1. The Kier molecular flexibility index (Phi) is 9.23. The fourth-order valence-corrected chi connectivity index (χ4v) is 7.22. The van der Waals surface area contributed by atoms with Crippen molar-refractivity contribution in [3.05, 3.63) is 101 Å².